The second-order valence-corrected chi connectivity index (χ2v) is 6.82. The number of carbonyl (C=O) groups excluding carboxylic acids is 2. The molecule has 1 aliphatic heterocycles. The molecule has 0 fully saturated rings. The summed E-state index contributed by atoms with van der Waals surface area (Å²) < 4.78 is 12.5. The molecule has 9 nitrogen and oxygen atoms in total. The number of anilines is 2. The van der Waals surface area contributed by atoms with Crippen molar-refractivity contribution < 1.29 is 19.1 Å². The van der Waals surface area contributed by atoms with Crippen LogP contribution in [0.4, 0.5) is 11.4 Å². The molecule has 2 amide bonds. The van der Waals surface area contributed by atoms with Crippen LogP contribution in [-0.2, 0) is 16.0 Å². The second kappa shape index (κ2) is 8.64. The molecule has 0 spiro atoms. The van der Waals surface area contributed by atoms with E-state index in [1.807, 2.05) is 18.2 Å². The molecule has 1 unspecified atom stereocenters. The maximum absolute atomic E-state index is 12.4. The number of carbonyl (C=O) groups is 2. The minimum atomic E-state index is -0.488. The van der Waals surface area contributed by atoms with Crippen LogP contribution in [0.1, 0.15) is 18.5 Å². The molecule has 4 rings (SSSR count). The van der Waals surface area contributed by atoms with Crippen LogP contribution >= 0.6 is 0 Å². The van der Waals surface area contributed by atoms with Crippen molar-refractivity contribution in [2.45, 2.75) is 19.4 Å². The molecule has 2 heterocycles. The molecular formula is C21H21N5O4. The Labute approximate surface area is 173 Å². The summed E-state index contributed by atoms with van der Waals surface area (Å²) in [5, 5.41) is 9.63. The summed E-state index contributed by atoms with van der Waals surface area (Å²) in [4.78, 5) is 28.5. The first-order chi connectivity index (χ1) is 14.6. The van der Waals surface area contributed by atoms with Gasteiger partial charge in [-0.2, -0.15) is 5.10 Å². The van der Waals surface area contributed by atoms with Crippen LogP contribution in [0, 0.1) is 0 Å². The third kappa shape index (κ3) is 4.57. The Morgan fingerprint density at radius 3 is 2.43 bits per heavy atom. The predicted molar refractivity (Wildman–Crippen MR) is 110 cm³/mol. The van der Waals surface area contributed by atoms with Gasteiger partial charge in [0.15, 0.2) is 11.5 Å². The highest BCUT2D eigenvalue weighted by Crippen LogP contribution is 2.31. The normalized spacial score (nSPS) is 13.4. The van der Waals surface area contributed by atoms with Gasteiger partial charge in [-0.3, -0.25) is 9.59 Å². The molecule has 1 aromatic heterocycles. The maximum Gasteiger partial charge on any atom is 0.249 e. The summed E-state index contributed by atoms with van der Waals surface area (Å²) in [5.74, 6) is 0.993. The highest BCUT2D eigenvalue weighted by atomic mass is 16.6. The van der Waals surface area contributed by atoms with Gasteiger partial charge in [0.25, 0.3) is 0 Å². The van der Waals surface area contributed by atoms with E-state index in [0.29, 0.717) is 36.1 Å². The summed E-state index contributed by atoms with van der Waals surface area (Å²) >= 11 is 0. The van der Waals surface area contributed by atoms with Crippen molar-refractivity contribution in [1.82, 2.24) is 14.8 Å². The van der Waals surface area contributed by atoms with Gasteiger partial charge in [0.05, 0.1) is 6.42 Å². The van der Waals surface area contributed by atoms with Gasteiger partial charge < -0.3 is 20.1 Å². The minimum Gasteiger partial charge on any atom is -0.486 e. The summed E-state index contributed by atoms with van der Waals surface area (Å²) in [6.45, 7) is 2.77. The van der Waals surface area contributed by atoms with E-state index in [4.69, 9.17) is 9.47 Å². The number of fused-ring (bicyclic) bond motifs is 1. The second-order valence-electron chi connectivity index (χ2n) is 6.82. The molecule has 0 saturated heterocycles. The Bertz CT molecular complexity index is 1030. The third-order valence-electron chi connectivity index (χ3n) is 4.62. The maximum atomic E-state index is 12.4. The molecule has 2 aromatic carbocycles. The van der Waals surface area contributed by atoms with Gasteiger partial charge in [-0.05, 0) is 48.9 Å². The van der Waals surface area contributed by atoms with Crippen LogP contribution in [-0.4, -0.2) is 39.8 Å². The quantitative estimate of drug-likeness (QED) is 0.650. The Morgan fingerprint density at radius 2 is 1.73 bits per heavy atom. The molecule has 1 atom stereocenters. The molecule has 154 valence electrons. The van der Waals surface area contributed by atoms with Gasteiger partial charge in [0, 0.05) is 11.4 Å². The number of rotatable bonds is 6. The first-order valence-electron chi connectivity index (χ1n) is 9.52. The first-order valence-corrected chi connectivity index (χ1v) is 9.52. The molecule has 0 aliphatic carbocycles. The summed E-state index contributed by atoms with van der Waals surface area (Å²) in [7, 11) is 0. The number of amides is 2. The summed E-state index contributed by atoms with van der Waals surface area (Å²) in [5.41, 5.74) is 2.10. The highest BCUT2D eigenvalue weighted by molar-refractivity contribution is 5.95. The number of hydrogen-bond donors (Lipinski definition) is 2. The molecule has 30 heavy (non-hydrogen) atoms. The van der Waals surface area contributed by atoms with Gasteiger partial charge >= 0.3 is 0 Å². The summed E-state index contributed by atoms with van der Waals surface area (Å²) in [6.07, 6.45) is 3.08. The average Bonchev–Trinajstić information content (AvgIpc) is 3.29. The molecule has 0 saturated carbocycles. The molecule has 9 heteroatoms. The van der Waals surface area contributed by atoms with E-state index in [9.17, 15) is 9.59 Å². The van der Waals surface area contributed by atoms with E-state index < -0.39 is 6.04 Å². The van der Waals surface area contributed by atoms with Crippen molar-refractivity contribution in [3.8, 4) is 11.5 Å². The molecule has 0 bridgehead atoms. The lowest BCUT2D eigenvalue weighted by Gasteiger charge is -2.18. The van der Waals surface area contributed by atoms with Gasteiger partial charge in [-0.1, -0.05) is 6.07 Å². The number of nitrogens with one attached hydrogen (secondary N) is 2. The largest absolute Gasteiger partial charge is 0.486 e. The smallest absolute Gasteiger partial charge is 0.249 e. The van der Waals surface area contributed by atoms with Crippen LogP contribution in [0.2, 0.25) is 0 Å². The number of hydrogen-bond acceptors (Lipinski definition) is 6. The number of nitrogens with zero attached hydrogens (tertiary/aromatic N) is 3. The first kappa shape index (κ1) is 19.4. The number of ether oxygens (including phenoxy) is 2. The lowest BCUT2D eigenvalue weighted by atomic mass is 10.1. The lowest BCUT2D eigenvalue weighted by molar-refractivity contribution is -0.119. The van der Waals surface area contributed by atoms with E-state index in [0.717, 1.165) is 5.56 Å². The zero-order valence-corrected chi connectivity index (χ0v) is 16.4. The molecule has 1 aliphatic rings. The fraction of sp³-hybridized carbons (Fsp3) is 0.238. The molecular weight excluding hydrogens is 386 g/mol. The molecule has 3 aromatic rings. The van der Waals surface area contributed by atoms with Crippen molar-refractivity contribution in [2.75, 3.05) is 23.8 Å². The van der Waals surface area contributed by atoms with Crippen LogP contribution in [0.5, 0.6) is 11.5 Å². The van der Waals surface area contributed by atoms with Crippen LogP contribution in [0.3, 0.4) is 0 Å². The standard InChI is InChI=1S/C21H21N5O4/c1-14(26-13-22-12-23-26)21(28)25-17-5-3-16(4-6-17)24-20(27)11-15-2-7-18-19(10-15)30-9-8-29-18/h2-7,10,12-14H,8-9,11H2,1H3,(H,24,27)(H,25,28). The SMILES string of the molecule is CC(C(=O)Nc1ccc(NC(=O)Cc2ccc3c(c2)OCCO3)cc1)n1cncn1. The fourth-order valence-electron chi connectivity index (χ4n) is 3.01. The van der Waals surface area contributed by atoms with Gasteiger partial charge in [-0.25, -0.2) is 9.67 Å². The van der Waals surface area contributed by atoms with Crippen molar-refractivity contribution in [3.63, 3.8) is 0 Å². The lowest BCUT2D eigenvalue weighted by Crippen LogP contribution is -2.24. The van der Waals surface area contributed by atoms with Crippen LogP contribution in [0.25, 0.3) is 0 Å². The van der Waals surface area contributed by atoms with Gasteiger partial charge in [0.2, 0.25) is 11.8 Å². The molecule has 0 radical (unpaired) electrons. The third-order valence-corrected chi connectivity index (χ3v) is 4.62. The monoisotopic (exact) mass is 407 g/mol. The van der Waals surface area contributed by atoms with E-state index in [2.05, 4.69) is 20.7 Å². The van der Waals surface area contributed by atoms with E-state index in [1.165, 1.54) is 17.3 Å². The van der Waals surface area contributed by atoms with E-state index in [-0.39, 0.29) is 18.2 Å². The Hall–Kier alpha value is -3.88. The van der Waals surface area contributed by atoms with Gasteiger partial charge in [0.1, 0.15) is 31.9 Å². The topological polar surface area (TPSA) is 107 Å². The Kier molecular flexibility index (Phi) is 5.60. The Morgan fingerprint density at radius 1 is 1.03 bits per heavy atom. The van der Waals surface area contributed by atoms with Crippen molar-refractivity contribution in [2.24, 2.45) is 0 Å². The van der Waals surface area contributed by atoms with Crippen LogP contribution in [0.15, 0.2) is 55.1 Å². The minimum absolute atomic E-state index is 0.150. The van der Waals surface area contributed by atoms with E-state index in [1.54, 1.807) is 31.2 Å². The fourth-order valence-corrected chi connectivity index (χ4v) is 3.01. The van der Waals surface area contributed by atoms with Crippen molar-refractivity contribution in [1.29, 1.82) is 0 Å². The number of benzene rings is 2. The van der Waals surface area contributed by atoms with Crippen molar-refractivity contribution in [3.05, 3.63) is 60.7 Å². The summed E-state index contributed by atoms with van der Waals surface area (Å²) in [6, 6.07) is 11.9. The van der Waals surface area contributed by atoms with Crippen molar-refractivity contribution >= 4 is 23.2 Å². The Balaban J connectivity index is 1.32. The zero-order chi connectivity index (χ0) is 20.9. The average molecular weight is 407 g/mol. The highest BCUT2D eigenvalue weighted by Gasteiger charge is 2.16. The van der Waals surface area contributed by atoms with Crippen LogP contribution < -0.4 is 20.1 Å². The van der Waals surface area contributed by atoms with E-state index >= 15 is 0 Å². The number of aromatic nitrogens is 3. The molecule has 2 N–H and O–H groups in total. The zero-order valence-electron chi connectivity index (χ0n) is 16.4. The van der Waals surface area contributed by atoms with Gasteiger partial charge in [-0.15, -0.1) is 0 Å². The predicted octanol–water partition coefficient (Wildman–Crippen LogP) is 2.43.